The Labute approximate surface area is 177 Å². The fourth-order valence-electron chi connectivity index (χ4n) is 4.80. The highest BCUT2D eigenvalue weighted by Gasteiger charge is 2.21. The summed E-state index contributed by atoms with van der Waals surface area (Å²) in [5, 5.41) is 0. The van der Waals surface area contributed by atoms with Gasteiger partial charge in [-0.05, 0) is 73.1 Å². The summed E-state index contributed by atoms with van der Waals surface area (Å²) < 4.78 is 12.9. The molecule has 1 saturated carbocycles. The lowest BCUT2D eigenvalue weighted by molar-refractivity contribution is 0.302. The third kappa shape index (κ3) is 7.57. The summed E-state index contributed by atoms with van der Waals surface area (Å²) in [6, 6.07) is 12.5. The van der Waals surface area contributed by atoms with Crippen molar-refractivity contribution < 1.29 is 4.39 Å². The van der Waals surface area contributed by atoms with Crippen LogP contribution in [0.4, 0.5) is 4.39 Å². The van der Waals surface area contributed by atoms with Gasteiger partial charge < -0.3 is 0 Å². The Balaban J connectivity index is 1.36. The minimum atomic E-state index is -0.403. The quantitative estimate of drug-likeness (QED) is 0.277. The zero-order valence-electron chi connectivity index (χ0n) is 18.2. The topological polar surface area (TPSA) is 12.9 Å². The first-order valence-electron chi connectivity index (χ1n) is 11.9. The molecule has 0 atom stereocenters. The SMILES string of the molecule is CCCCCCCCC1CCC(c2ccc(CCc3ccc(F)nc3)cc2)CC1. The van der Waals surface area contributed by atoms with Crippen molar-refractivity contribution in [2.45, 2.75) is 96.3 Å². The van der Waals surface area contributed by atoms with Crippen LogP contribution in [0, 0.1) is 11.9 Å². The molecule has 0 saturated heterocycles. The molecule has 158 valence electrons. The molecule has 1 aliphatic rings. The first-order chi connectivity index (χ1) is 14.2. The lowest BCUT2D eigenvalue weighted by Gasteiger charge is -2.29. The largest absolute Gasteiger partial charge is 0.228 e. The van der Waals surface area contributed by atoms with Crippen molar-refractivity contribution in [1.82, 2.24) is 4.98 Å². The molecule has 0 amide bonds. The number of halogens is 1. The summed E-state index contributed by atoms with van der Waals surface area (Å²) >= 11 is 0. The van der Waals surface area contributed by atoms with Gasteiger partial charge in [0.05, 0.1) is 0 Å². The van der Waals surface area contributed by atoms with Gasteiger partial charge in [-0.2, -0.15) is 4.39 Å². The number of aromatic nitrogens is 1. The Bertz CT molecular complexity index is 683. The van der Waals surface area contributed by atoms with Crippen LogP contribution in [0.2, 0.25) is 0 Å². The van der Waals surface area contributed by atoms with Gasteiger partial charge in [0.2, 0.25) is 5.95 Å². The zero-order valence-corrected chi connectivity index (χ0v) is 18.2. The van der Waals surface area contributed by atoms with E-state index in [1.807, 2.05) is 6.07 Å². The molecule has 0 unspecified atom stereocenters. The first kappa shape index (κ1) is 22.0. The van der Waals surface area contributed by atoms with E-state index in [0.717, 1.165) is 30.2 Å². The molecule has 3 rings (SSSR count). The fourth-order valence-corrected chi connectivity index (χ4v) is 4.80. The number of rotatable bonds is 11. The highest BCUT2D eigenvalue weighted by atomic mass is 19.1. The predicted molar refractivity (Wildman–Crippen MR) is 121 cm³/mol. The molecule has 1 nitrogen and oxygen atoms in total. The average Bonchev–Trinajstić information content (AvgIpc) is 2.77. The van der Waals surface area contributed by atoms with E-state index in [0.29, 0.717) is 0 Å². The van der Waals surface area contributed by atoms with E-state index < -0.39 is 5.95 Å². The van der Waals surface area contributed by atoms with E-state index in [1.165, 1.54) is 87.8 Å². The Morgan fingerprint density at radius 2 is 1.45 bits per heavy atom. The fraction of sp³-hybridized carbons (Fsp3) is 0.593. The van der Waals surface area contributed by atoms with E-state index in [2.05, 4.69) is 36.2 Å². The normalized spacial score (nSPS) is 19.4. The summed E-state index contributed by atoms with van der Waals surface area (Å²) in [7, 11) is 0. The molecule has 29 heavy (non-hydrogen) atoms. The van der Waals surface area contributed by atoms with Crippen molar-refractivity contribution >= 4 is 0 Å². The van der Waals surface area contributed by atoms with Crippen molar-refractivity contribution in [2.75, 3.05) is 0 Å². The smallest absolute Gasteiger partial charge is 0.212 e. The zero-order chi connectivity index (χ0) is 20.3. The Kier molecular flexibility index (Phi) is 9.18. The second-order valence-electron chi connectivity index (χ2n) is 9.00. The van der Waals surface area contributed by atoms with Crippen molar-refractivity contribution in [1.29, 1.82) is 0 Å². The van der Waals surface area contributed by atoms with Gasteiger partial charge in [-0.1, -0.05) is 82.2 Å². The standard InChI is InChI=1S/C27H38FN/c1-2-3-4-5-6-7-8-22-11-16-25(17-12-22)26-18-13-23(14-19-26)9-10-24-15-20-27(28)29-21-24/h13-15,18-22,25H,2-12,16-17H2,1H3. The van der Waals surface area contributed by atoms with Crippen LogP contribution in [0.5, 0.6) is 0 Å². The average molecular weight is 396 g/mol. The van der Waals surface area contributed by atoms with Gasteiger partial charge >= 0.3 is 0 Å². The monoisotopic (exact) mass is 395 g/mol. The van der Waals surface area contributed by atoms with E-state index in [1.54, 1.807) is 6.20 Å². The van der Waals surface area contributed by atoms with Crippen LogP contribution in [0.15, 0.2) is 42.6 Å². The van der Waals surface area contributed by atoms with Crippen molar-refractivity contribution in [3.63, 3.8) is 0 Å². The second kappa shape index (κ2) is 12.1. The molecule has 0 spiro atoms. The molecular weight excluding hydrogens is 357 g/mol. The molecule has 0 bridgehead atoms. The number of pyridine rings is 1. The molecule has 0 N–H and O–H groups in total. The highest BCUT2D eigenvalue weighted by molar-refractivity contribution is 5.26. The maximum atomic E-state index is 12.9. The van der Waals surface area contributed by atoms with Crippen LogP contribution >= 0.6 is 0 Å². The summed E-state index contributed by atoms with van der Waals surface area (Å²) in [6.45, 7) is 2.29. The molecule has 1 aromatic carbocycles. The summed E-state index contributed by atoms with van der Waals surface area (Å²) in [5.41, 5.74) is 3.98. The molecular formula is C27H38FN. The third-order valence-electron chi connectivity index (χ3n) is 6.75. The van der Waals surface area contributed by atoms with E-state index in [9.17, 15) is 4.39 Å². The molecule has 1 aliphatic carbocycles. The highest BCUT2D eigenvalue weighted by Crippen LogP contribution is 2.37. The second-order valence-corrected chi connectivity index (χ2v) is 9.00. The van der Waals surface area contributed by atoms with E-state index in [-0.39, 0.29) is 0 Å². The number of aryl methyl sites for hydroxylation is 2. The Hall–Kier alpha value is -1.70. The number of hydrogen-bond acceptors (Lipinski definition) is 1. The van der Waals surface area contributed by atoms with E-state index in [4.69, 9.17) is 0 Å². The summed E-state index contributed by atoms with van der Waals surface area (Å²) in [6.07, 6.45) is 19.1. The maximum Gasteiger partial charge on any atom is 0.212 e. The van der Waals surface area contributed by atoms with Gasteiger partial charge in [-0.3, -0.25) is 0 Å². The van der Waals surface area contributed by atoms with Gasteiger partial charge in [-0.15, -0.1) is 0 Å². The lowest BCUT2D eigenvalue weighted by Crippen LogP contribution is -2.13. The first-order valence-corrected chi connectivity index (χ1v) is 11.9. The predicted octanol–water partition coefficient (Wildman–Crippen LogP) is 8.03. The van der Waals surface area contributed by atoms with Crippen LogP contribution in [0.25, 0.3) is 0 Å². The molecule has 1 fully saturated rings. The van der Waals surface area contributed by atoms with Gasteiger partial charge in [-0.25, -0.2) is 4.98 Å². The van der Waals surface area contributed by atoms with Crippen LogP contribution in [0.3, 0.4) is 0 Å². The number of unbranched alkanes of at least 4 members (excludes halogenated alkanes) is 5. The van der Waals surface area contributed by atoms with Gasteiger partial charge in [0.25, 0.3) is 0 Å². The van der Waals surface area contributed by atoms with Gasteiger partial charge in [0.15, 0.2) is 0 Å². The van der Waals surface area contributed by atoms with Crippen molar-refractivity contribution in [3.05, 3.63) is 65.2 Å². The maximum absolute atomic E-state index is 12.9. The van der Waals surface area contributed by atoms with Crippen LogP contribution in [-0.2, 0) is 12.8 Å². The number of nitrogens with zero attached hydrogens (tertiary/aromatic N) is 1. The van der Waals surface area contributed by atoms with E-state index >= 15 is 0 Å². The molecule has 2 aromatic rings. The molecule has 0 radical (unpaired) electrons. The van der Waals surface area contributed by atoms with Gasteiger partial charge in [0.1, 0.15) is 0 Å². The third-order valence-corrected chi connectivity index (χ3v) is 6.75. The van der Waals surface area contributed by atoms with Gasteiger partial charge in [0, 0.05) is 6.20 Å². The molecule has 1 aromatic heterocycles. The van der Waals surface area contributed by atoms with Crippen LogP contribution in [-0.4, -0.2) is 4.98 Å². The Morgan fingerprint density at radius 1 is 0.793 bits per heavy atom. The molecule has 1 heterocycles. The number of hydrogen-bond donors (Lipinski definition) is 0. The van der Waals surface area contributed by atoms with Crippen molar-refractivity contribution in [3.8, 4) is 0 Å². The summed E-state index contributed by atoms with van der Waals surface area (Å²) in [4.78, 5) is 3.74. The molecule has 0 aliphatic heterocycles. The minimum Gasteiger partial charge on any atom is -0.228 e. The summed E-state index contributed by atoms with van der Waals surface area (Å²) in [5.74, 6) is 1.33. The van der Waals surface area contributed by atoms with Crippen LogP contribution in [0.1, 0.15) is 100 Å². The minimum absolute atomic E-state index is 0.403. The van der Waals surface area contributed by atoms with Crippen molar-refractivity contribution in [2.24, 2.45) is 5.92 Å². The number of benzene rings is 1. The molecule has 2 heteroatoms. The van der Waals surface area contributed by atoms with Crippen LogP contribution < -0.4 is 0 Å². The lowest BCUT2D eigenvalue weighted by atomic mass is 9.77. The Morgan fingerprint density at radius 3 is 2.14 bits per heavy atom.